The van der Waals surface area contributed by atoms with E-state index >= 15 is 0 Å². The third-order valence-corrected chi connectivity index (χ3v) is 3.62. The van der Waals surface area contributed by atoms with Crippen LogP contribution in [0, 0.1) is 0 Å². The van der Waals surface area contributed by atoms with Crippen molar-refractivity contribution >= 4 is 11.6 Å². The number of hydrogen-bond acceptors (Lipinski definition) is 4. The molecule has 1 aromatic rings. The van der Waals surface area contributed by atoms with Gasteiger partial charge in [-0.1, -0.05) is 13.0 Å². The van der Waals surface area contributed by atoms with E-state index < -0.39 is 5.60 Å². The molecule has 2 rings (SSSR count). The number of rotatable bonds is 5. The van der Waals surface area contributed by atoms with Gasteiger partial charge in [0, 0.05) is 13.7 Å². The van der Waals surface area contributed by atoms with Gasteiger partial charge in [-0.25, -0.2) is 0 Å². The Kier molecular flexibility index (Phi) is 4.54. The molecule has 0 aromatic heterocycles. The molecule has 0 radical (unpaired) electrons. The number of fused-ring (bicyclic) bond motifs is 1. The zero-order chi connectivity index (χ0) is 15.6. The summed E-state index contributed by atoms with van der Waals surface area (Å²) in [5.74, 6) is 0.704. The maximum Gasteiger partial charge on any atom is 0.270 e. The molecule has 0 saturated heterocycles. The Hall–Kier alpha value is -1.59. The van der Waals surface area contributed by atoms with E-state index in [-0.39, 0.29) is 11.9 Å². The minimum atomic E-state index is -0.835. The van der Waals surface area contributed by atoms with Crippen LogP contribution in [0.2, 0.25) is 0 Å². The Bertz CT molecular complexity index is 528. The molecule has 116 valence electrons. The van der Waals surface area contributed by atoms with Crippen molar-refractivity contribution in [3.05, 3.63) is 23.8 Å². The second kappa shape index (κ2) is 6.03. The average Bonchev–Trinajstić information content (AvgIpc) is 2.43. The standard InChI is InChI=1S/C16H24N2O3/c1-5-8-18-13-9-11(12(17)10-20-4)6-7-14(13)21-16(2,3)15(18)19/h6-7,9,12H,5,8,10,17H2,1-4H3. The number of anilines is 1. The van der Waals surface area contributed by atoms with E-state index in [1.165, 1.54) is 0 Å². The quantitative estimate of drug-likeness (QED) is 0.904. The largest absolute Gasteiger partial charge is 0.476 e. The van der Waals surface area contributed by atoms with Gasteiger partial charge in [-0.2, -0.15) is 0 Å². The summed E-state index contributed by atoms with van der Waals surface area (Å²) in [7, 11) is 1.62. The number of amides is 1. The molecule has 1 aliphatic rings. The number of hydrogen-bond donors (Lipinski definition) is 1. The summed E-state index contributed by atoms with van der Waals surface area (Å²) < 4.78 is 10.9. The van der Waals surface area contributed by atoms with E-state index in [0.717, 1.165) is 23.4 Å². The van der Waals surface area contributed by atoms with E-state index in [1.54, 1.807) is 25.9 Å². The van der Waals surface area contributed by atoms with Crippen LogP contribution in [-0.4, -0.2) is 31.8 Å². The Morgan fingerprint density at radius 3 is 2.76 bits per heavy atom. The van der Waals surface area contributed by atoms with E-state index in [9.17, 15) is 4.79 Å². The maximum atomic E-state index is 12.6. The summed E-state index contributed by atoms with van der Waals surface area (Å²) in [5, 5.41) is 0. The molecule has 21 heavy (non-hydrogen) atoms. The Morgan fingerprint density at radius 2 is 2.14 bits per heavy atom. The second-order valence-corrected chi connectivity index (χ2v) is 5.86. The van der Waals surface area contributed by atoms with Gasteiger partial charge < -0.3 is 20.1 Å². The highest BCUT2D eigenvalue weighted by atomic mass is 16.5. The van der Waals surface area contributed by atoms with Gasteiger partial charge in [0.05, 0.1) is 18.3 Å². The van der Waals surface area contributed by atoms with Gasteiger partial charge in [0.1, 0.15) is 5.75 Å². The third kappa shape index (κ3) is 3.04. The normalized spacial score (nSPS) is 18.1. The SMILES string of the molecule is CCCN1C(=O)C(C)(C)Oc2ccc(C(N)COC)cc21. The lowest BCUT2D eigenvalue weighted by atomic mass is 10.0. The molecule has 1 amide bonds. The number of nitrogens with zero attached hydrogens (tertiary/aromatic N) is 1. The molecule has 5 nitrogen and oxygen atoms in total. The van der Waals surface area contributed by atoms with Crippen LogP contribution < -0.4 is 15.4 Å². The highest BCUT2D eigenvalue weighted by Gasteiger charge is 2.40. The predicted molar refractivity (Wildman–Crippen MR) is 82.6 cm³/mol. The molecule has 1 atom stereocenters. The van der Waals surface area contributed by atoms with Crippen molar-refractivity contribution < 1.29 is 14.3 Å². The number of carbonyl (C=O) groups excluding carboxylic acids is 1. The first-order chi connectivity index (χ1) is 9.90. The Morgan fingerprint density at radius 1 is 1.43 bits per heavy atom. The molecular weight excluding hydrogens is 268 g/mol. The lowest BCUT2D eigenvalue weighted by Crippen LogP contribution is -2.52. The maximum absolute atomic E-state index is 12.6. The Balaban J connectivity index is 2.42. The molecule has 0 aliphatic carbocycles. The summed E-state index contributed by atoms with van der Waals surface area (Å²) in [6, 6.07) is 5.53. The van der Waals surface area contributed by atoms with Crippen LogP contribution in [-0.2, 0) is 9.53 Å². The highest BCUT2D eigenvalue weighted by Crippen LogP contribution is 2.39. The van der Waals surface area contributed by atoms with Crippen molar-refractivity contribution in [3.63, 3.8) is 0 Å². The highest BCUT2D eigenvalue weighted by molar-refractivity contribution is 6.02. The van der Waals surface area contributed by atoms with Crippen molar-refractivity contribution in [1.82, 2.24) is 0 Å². The average molecular weight is 292 g/mol. The molecule has 0 spiro atoms. The fourth-order valence-electron chi connectivity index (χ4n) is 2.54. The molecule has 2 N–H and O–H groups in total. The van der Waals surface area contributed by atoms with Gasteiger partial charge in [0.25, 0.3) is 5.91 Å². The van der Waals surface area contributed by atoms with Gasteiger partial charge >= 0.3 is 0 Å². The van der Waals surface area contributed by atoms with E-state index in [2.05, 4.69) is 6.92 Å². The number of methoxy groups -OCH3 is 1. The number of nitrogens with two attached hydrogens (primary N) is 1. The van der Waals surface area contributed by atoms with E-state index in [4.69, 9.17) is 15.2 Å². The second-order valence-electron chi connectivity index (χ2n) is 5.86. The topological polar surface area (TPSA) is 64.8 Å². The van der Waals surface area contributed by atoms with Crippen LogP contribution >= 0.6 is 0 Å². The fraction of sp³-hybridized carbons (Fsp3) is 0.562. The monoisotopic (exact) mass is 292 g/mol. The zero-order valence-corrected chi connectivity index (χ0v) is 13.2. The van der Waals surface area contributed by atoms with Crippen LogP contribution in [0.3, 0.4) is 0 Å². The van der Waals surface area contributed by atoms with Crippen LogP contribution in [0.4, 0.5) is 5.69 Å². The summed E-state index contributed by atoms with van der Waals surface area (Å²) in [4.78, 5) is 14.3. The van der Waals surface area contributed by atoms with E-state index in [0.29, 0.717) is 13.2 Å². The lowest BCUT2D eigenvalue weighted by Gasteiger charge is -2.39. The minimum absolute atomic E-state index is 0.0192. The molecule has 0 fully saturated rings. The summed E-state index contributed by atoms with van der Waals surface area (Å²) in [6.45, 7) is 6.75. The molecular formula is C16H24N2O3. The van der Waals surface area contributed by atoms with Gasteiger partial charge in [-0.15, -0.1) is 0 Å². The molecule has 5 heteroatoms. The molecule has 1 aromatic carbocycles. The fourth-order valence-corrected chi connectivity index (χ4v) is 2.54. The van der Waals surface area contributed by atoms with Gasteiger partial charge in [-0.3, -0.25) is 4.79 Å². The van der Waals surface area contributed by atoms with Gasteiger partial charge in [0.15, 0.2) is 5.60 Å². The smallest absolute Gasteiger partial charge is 0.270 e. The van der Waals surface area contributed by atoms with Crippen LogP contribution in [0.5, 0.6) is 5.75 Å². The van der Waals surface area contributed by atoms with Gasteiger partial charge in [-0.05, 0) is 38.0 Å². The lowest BCUT2D eigenvalue weighted by molar-refractivity contribution is -0.132. The summed E-state index contributed by atoms with van der Waals surface area (Å²) in [5.41, 5.74) is 6.98. The molecule has 1 heterocycles. The third-order valence-electron chi connectivity index (χ3n) is 3.62. The van der Waals surface area contributed by atoms with Crippen LogP contribution in [0.15, 0.2) is 18.2 Å². The predicted octanol–water partition coefficient (Wildman–Crippen LogP) is 2.25. The summed E-state index contributed by atoms with van der Waals surface area (Å²) >= 11 is 0. The first-order valence-corrected chi connectivity index (χ1v) is 7.30. The van der Waals surface area contributed by atoms with Crippen molar-refractivity contribution in [2.24, 2.45) is 5.73 Å². The minimum Gasteiger partial charge on any atom is -0.476 e. The molecule has 1 aliphatic heterocycles. The summed E-state index contributed by atoms with van der Waals surface area (Å²) in [6.07, 6.45) is 0.885. The number of ether oxygens (including phenoxy) is 2. The Labute approximate surface area is 126 Å². The van der Waals surface area contributed by atoms with Crippen molar-refractivity contribution in [2.75, 3.05) is 25.2 Å². The number of carbonyl (C=O) groups is 1. The van der Waals surface area contributed by atoms with Crippen LogP contribution in [0.1, 0.15) is 38.8 Å². The molecule has 0 bridgehead atoms. The molecule has 0 saturated carbocycles. The first-order valence-electron chi connectivity index (χ1n) is 7.30. The van der Waals surface area contributed by atoms with E-state index in [1.807, 2.05) is 18.2 Å². The zero-order valence-electron chi connectivity index (χ0n) is 13.2. The first kappa shape index (κ1) is 15.8. The van der Waals surface area contributed by atoms with Crippen molar-refractivity contribution in [3.8, 4) is 5.75 Å². The van der Waals surface area contributed by atoms with Crippen molar-refractivity contribution in [1.29, 1.82) is 0 Å². The molecule has 1 unspecified atom stereocenters. The van der Waals surface area contributed by atoms with Gasteiger partial charge in [0.2, 0.25) is 0 Å². The number of benzene rings is 1. The van der Waals surface area contributed by atoms with Crippen molar-refractivity contribution in [2.45, 2.75) is 38.8 Å². The van der Waals surface area contributed by atoms with Crippen LogP contribution in [0.25, 0.3) is 0 Å².